The summed E-state index contributed by atoms with van der Waals surface area (Å²) in [6.07, 6.45) is 7.50. The van der Waals surface area contributed by atoms with Crippen molar-refractivity contribution in [1.82, 2.24) is 9.80 Å². The molecular formula is C15H22N2O3S. The summed E-state index contributed by atoms with van der Waals surface area (Å²) in [6.45, 7) is 1.21. The van der Waals surface area contributed by atoms with E-state index < -0.39 is 0 Å². The summed E-state index contributed by atoms with van der Waals surface area (Å²) in [6, 6.07) is -0.101. The van der Waals surface area contributed by atoms with Crippen molar-refractivity contribution in [1.29, 1.82) is 0 Å². The van der Waals surface area contributed by atoms with Gasteiger partial charge < -0.3 is 4.90 Å². The van der Waals surface area contributed by atoms with E-state index in [0.717, 1.165) is 30.5 Å². The molecule has 116 valence electrons. The van der Waals surface area contributed by atoms with Crippen LogP contribution in [0.25, 0.3) is 0 Å². The van der Waals surface area contributed by atoms with Gasteiger partial charge in [-0.3, -0.25) is 19.3 Å². The summed E-state index contributed by atoms with van der Waals surface area (Å²) in [5, 5.41) is -0.148. The SMILES string of the molecule is O=C(CCC1CCCC1)N1CCC(N2C(=O)CSC2=O)C1. The van der Waals surface area contributed by atoms with E-state index in [9.17, 15) is 14.4 Å². The Morgan fingerprint density at radius 3 is 2.62 bits per heavy atom. The lowest BCUT2D eigenvalue weighted by molar-refractivity contribution is -0.131. The second-order valence-electron chi connectivity index (χ2n) is 6.29. The number of carbonyl (C=O) groups is 3. The molecule has 3 aliphatic rings. The zero-order valence-corrected chi connectivity index (χ0v) is 13.1. The van der Waals surface area contributed by atoms with Gasteiger partial charge in [-0.2, -0.15) is 0 Å². The number of thioether (sulfide) groups is 1. The van der Waals surface area contributed by atoms with E-state index in [1.54, 1.807) is 0 Å². The van der Waals surface area contributed by atoms with Crippen LogP contribution >= 0.6 is 11.8 Å². The van der Waals surface area contributed by atoms with Crippen molar-refractivity contribution in [2.24, 2.45) is 5.92 Å². The maximum absolute atomic E-state index is 12.3. The summed E-state index contributed by atoms with van der Waals surface area (Å²) in [5.41, 5.74) is 0. The number of imide groups is 1. The lowest BCUT2D eigenvalue weighted by Crippen LogP contribution is -2.41. The van der Waals surface area contributed by atoms with Gasteiger partial charge in [0.25, 0.3) is 5.24 Å². The molecule has 0 spiro atoms. The molecule has 0 aromatic carbocycles. The topological polar surface area (TPSA) is 57.7 Å². The van der Waals surface area contributed by atoms with E-state index in [4.69, 9.17) is 0 Å². The minimum absolute atomic E-state index is 0.101. The molecule has 1 saturated carbocycles. The highest BCUT2D eigenvalue weighted by Crippen LogP contribution is 2.30. The second kappa shape index (κ2) is 6.38. The van der Waals surface area contributed by atoms with Crippen LogP contribution in [0.3, 0.4) is 0 Å². The minimum atomic E-state index is -0.148. The highest BCUT2D eigenvalue weighted by molar-refractivity contribution is 8.14. The van der Waals surface area contributed by atoms with Crippen LogP contribution in [-0.2, 0) is 9.59 Å². The molecule has 21 heavy (non-hydrogen) atoms. The Hall–Kier alpha value is -1.04. The van der Waals surface area contributed by atoms with E-state index >= 15 is 0 Å². The molecule has 0 aromatic rings. The summed E-state index contributed by atoms with van der Waals surface area (Å²) in [7, 11) is 0. The monoisotopic (exact) mass is 310 g/mol. The van der Waals surface area contributed by atoms with Crippen molar-refractivity contribution >= 4 is 28.8 Å². The third-order valence-electron chi connectivity index (χ3n) is 4.91. The Bertz CT molecular complexity index is 432. The molecule has 1 unspecified atom stereocenters. The Kier molecular flexibility index (Phi) is 4.52. The van der Waals surface area contributed by atoms with Crippen LogP contribution in [0.2, 0.25) is 0 Å². The third-order valence-corrected chi connectivity index (χ3v) is 5.74. The van der Waals surface area contributed by atoms with Crippen molar-refractivity contribution in [3.05, 3.63) is 0 Å². The van der Waals surface area contributed by atoms with Gasteiger partial charge in [0.2, 0.25) is 11.8 Å². The lowest BCUT2D eigenvalue weighted by atomic mass is 10.0. The maximum atomic E-state index is 12.3. The van der Waals surface area contributed by atoms with Gasteiger partial charge in [0.1, 0.15) is 0 Å². The fraction of sp³-hybridized carbons (Fsp3) is 0.800. The van der Waals surface area contributed by atoms with Crippen LogP contribution in [0, 0.1) is 5.92 Å². The van der Waals surface area contributed by atoms with Crippen LogP contribution in [0.5, 0.6) is 0 Å². The summed E-state index contributed by atoms with van der Waals surface area (Å²) < 4.78 is 0. The molecular weight excluding hydrogens is 288 g/mol. The van der Waals surface area contributed by atoms with E-state index in [1.165, 1.54) is 30.6 Å². The van der Waals surface area contributed by atoms with Gasteiger partial charge in [0.05, 0.1) is 11.8 Å². The number of likely N-dealkylation sites (tertiary alicyclic amines) is 1. The molecule has 2 heterocycles. The average Bonchev–Trinajstić information content (AvgIpc) is 3.18. The van der Waals surface area contributed by atoms with Crippen molar-refractivity contribution in [3.8, 4) is 0 Å². The molecule has 3 fully saturated rings. The van der Waals surface area contributed by atoms with Crippen LogP contribution in [0.1, 0.15) is 44.9 Å². The zero-order valence-electron chi connectivity index (χ0n) is 12.3. The van der Waals surface area contributed by atoms with E-state index in [1.807, 2.05) is 4.90 Å². The van der Waals surface area contributed by atoms with Gasteiger partial charge in [-0.1, -0.05) is 37.4 Å². The van der Waals surface area contributed by atoms with Crippen LogP contribution in [0.15, 0.2) is 0 Å². The number of carbonyl (C=O) groups excluding carboxylic acids is 3. The smallest absolute Gasteiger partial charge is 0.289 e. The predicted octanol–water partition coefficient (Wildman–Crippen LogP) is 2.25. The normalized spacial score (nSPS) is 27.1. The Balaban J connectivity index is 1.48. The standard InChI is InChI=1S/C15H22N2O3S/c18-13(6-5-11-3-1-2-4-11)16-8-7-12(9-16)17-14(19)10-21-15(17)20/h11-12H,1-10H2. The quantitative estimate of drug-likeness (QED) is 0.799. The van der Waals surface area contributed by atoms with E-state index in [2.05, 4.69) is 0 Å². The second-order valence-corrected chi connectivity index (χ2v) is 7.22. The molecule has 3 rings (SSSR count). The number of hydrogen-bond acceptors (Lipinski definition) is 4. The Morgan fingerprint density at radius 2 is 1.95 bits per heavy atom. The highest BCUT2D eigenvalue weighted by Gasteiger charge is 2.40. The lowest BCUT2D eigenvalue weighted by Gasteiger charge is -2.22. The third kappa shape index (κ3) is 3.25. The Morgan fingerprint density at radius 1 is 1.19 bits per heavy atom. The van der Waals surface area contributed by atoms with Gasteiger partial charge in [0, 0.05) is 19.5 Å². The first-order valence-electron chi connectivity index (χ1n) is 7.91. The molecule has 0 N–H and O–H groups in total. The van der Waals surface area contributed by atoms with Crippen molar-refractivity contribution in [2.75, 3.05) is 18.8 Å². The largest absolute Gasteiger partial charge is 0.341 e. The van der Waals surface area contributed by atoms with Crippen LogP contribution in [-0.4, -0.2) is 51.7 Å². The van der Waals surface area contributed by atoms with E-state index in [-0.39, 0.29) is 28.8 Å². The molecule has 2 saturated heterocycles. The zero-order chi connectivity index (χ0) is 14.8. The maximum Gasteiger partial charge on any atom is 0.289 e. The first kappa shape index (κ1) is 14.9. The fourth-order valence-corrected chi connectivity index (χ4v) is 4.46. The van der Waals surface area contributed by atoms with Gasteiger partial charge in [-0.05, 0) is 18.8 Å². The van der Waals surface area contributed by atoms with Crippen LogP contribution in [0.4, 0.5) is 4.79 Å². The van der Waals surface area contributed by atoms with Gasteiger partial charge in [0.15, 0.2) is 0 Å². The van der Waals surface area contributed by atoms with Gasteiger partial charge in [-0.25, -0.2) is 0 Å². The number of hydrogen-bond donors (Lipinski definition) is 0. The molecule has 2 aliphatic heterocycles. The minimum Gasteiger partial charge on any atom is -0.341 e. The van der Waals surface area contributed by atoms with Crippen molar-refractivity contribution in [2.45, 2.75) is 51.0 Å². The highest BCUT2D eigenvalue weighted by atomic mass is 32.2. The van der Waals surface area contributed by atoms with Crippen molar-refractivity contribution < 1.29 is 14.4 Å². The fourth-order valence-electron chi connectivity index (χ4n) is 3.68. The molecule has 3 amide bonds. The molecule has 6 heteroatoms. The molecule has 1 atom stereocenters. The molecule has 0 radical (unpaired) electrons. The number of rotatable bonds is 4. The first-order valence-corrected chi connectivity index (χ1v) is 8.90. The first-order chi connectivity index (χ1) is 10.1. The van der Waals surface area contributed by atoms with Crippen LogP contribution < -0.4 is 0 Å². The molecule has 0 bridgehead atoms. The summed E-state index contributed by atoms with van der Waals surface area (Å²) in [5.74, 6) is 1.07. The molecule has 1 aliphatic carbocycles. The van der Waals surface area contributed by atoms with Gasteiger partial charge >= 0.3 is 0 Å². The van der Waals surface area contributed by atoms with E-state index in [0.29, 0.717) is 19.5 Å². The number of nitrogens with zero attached hydrogens (tertiary/aromatic N) is 2. The predicted molar refractivity (Wildman–Crippen MR) is 80.9 cm³/mol. The summed E-state index contributed by atoms with van der Waals surface area (Å²) in [4.78, 5) is 38.9. The molecule has 5 nitrogen and oxygen atoms in total. The summed E-state index contributed by atoms with van der Waals surface area (Å²) >= 11 is 1.07. The molecule has 0 aromatic heterocycles. The Labute approximate surface area is 129 Å². The average molecular weight is 310 g/mol. The number of amides is 3. The van der Waals surface area contributed by atoms with Gasteiger partial charge in [-0.15, -0.1) is 0 Å². The van der Waals surface area contributed by atoms with Crippen molar-refractivity contribution in [3.63, 3.8) is 0 Å².